The van der Waals surface area contributed by atoms with E-state index >= 15 is 0 Å². The van der Waals surface area contributed by atoms with Crippen molar-refractivity contribution in [2.24, 2.45) is 0 Å². The number of carbonyl (C=O) groups is 1. The molecule has 0 spiro atoms. The van der Waals surface area contributed by atoms with Gasteiger partial charge in [0.05, 0.1) is 5.56 Å². The van der Waals surface area contributed by atoms with Crippen molar-refractivity contribution in [1.29, 1.82) is 0 Å². The van der Waals surface area contributed by atoms with Crippen molar-refractivity contribution in [2.45, 2.75) is 13.0 Å². The number of rotatable bonds is 3. The van der Waals surface area contributed by atoms with Crippen LogP contribution in [0.1, 0.15) is 15.9 Å². The minimum Gasteiger partial charge on any atom is -0.387 e. The Bertz CT molecular complexity index is 408. The van der Waals surface area contributed by atoms with Crippen molar-refractivity contribution in [2.75, 3.05) is 0 Å². The largest absolute Gasteiger partial charge is 0.574 e. The van der Waals surface area contributed by atoms with Crippen LogP contribution in [0.15, 0.2) is 6.20 Å². The third-order valence-electron chi connectivity index (χ3n) is 1.60. The summed E-state index contributed by atoms with van der Waals surface area (Å²) in [5.41, 5.74) is -0.684. The molecule has 88 valence electrons. The first kappa shape index (κ1) is 13.1. The Morgan fingerprint density at radius 1 is 1.50 bits per heavy atom. The number of pyridine rings is 1. The zero-order valence-corrected chi connectivity index (χ0v) is 9.67. The molecule has 0 aromatic carbocycles. The van der Waals surface area contributed by atoms with E-state index in [0.717, 1.165) is 6.20 Å². The average molecular weight is 349 g/mol. The zero-order chi connectivity index (χ0) is 12.3. The van der Waals surface area contributed by atoms with Crippen LogP contribution >= 0.6 is 22.6 Å². The topological polar surface area (TPSA) is 39.2 Å². The van der Waals surface area contributed by atoms with E-state index < -0.39 is 24.5 Å². The normalized spacial score (nSPS) is 11.3. The summed E-state index contributed by atoms with van der Waals surface area (Å²) in [4.78, 5) is 13.9. The summed E-state index contributed by atoms with van der Waals surface area (Å²) in [5.74, 6) is -0.935. The Hall–Kier alpha value is -0.930. The summed E-state index contributed by atoms with van der Waals surface area (Å²) >= 11 is 1.67. The lowest BCUT2D eigenvalue weighted by Crippen LogP contribution is -2.19. The number of carbonyl (C=O) groups excluding carboxylic acids is 1. The van der Waals surface area contributed by atoms with Crippen LogP contribution in [0.4, 0.5) is 17.6 Å². The number of hydrogen-bond acceptors (Lipinski definition) is 3. The monoisotopic (exact) mass is 349 g/mol. The predicted octanol–water partition coefficient (Wildman–Crippen LogP) is 2.87. The molecule has 3 nitrogen and oxygen atoms in total. The molecule has 0 amide bonds. The second-order valence-corrected chi connectivity index (χ2v) is 3.76. The highest BCUT2D eigenvalue weighted by molar-refractivity contribution is 14.1. The summed E-state index contributed by atoms with van der Waals surface area (Å²) in [5, 5.41) is 0. The highest BCUT2D eigenvalue weighted by atomic mass is 127. The maximum absolute atomic E-state index is 12.5. The molecule has 0 aliphatic rings. The molecule has 0 saturated carbocycles. The van der Waals surface area contributed by atoms with Gasteiger partial charge in [-0.3, -0.25) is 4.79 Å². The van der Waals surface area contributed by atoms with Gasteiger partial charge in [0.25, 0.3) is 0 Å². The standard InChI is InChI=1S/C8H4F4INO2/c9-1-4-5(3-15)7(14-2-6(4)13)16-8(10,11)12/h2-3H,1H2. The van der Waals surface area contributed by atoms with E-state index in [-0.39, 0.29) is 15.4 Å². The van der Waals surface area contributed by atoms with Gasteiger partial charge in [0, 0.05) is 15.3 Å². The molecular weight excluding hydrogens is 345 g/mol. The highest BCUT2D eigenvalue weighted by Crippen LogP contribution is 2.28. The molecule has 8 heteroatoms. The lowest BCUT2D eigenvalue weighted by molar-refractivity contribution is -0.276. The van der Waals surface area contributed by atoms with Gasteiger partial charge in [-0.2, -0.15) is 0 Å². The van der Waals surface area contributed by atoms with Crippen molar-refractivity contribution in [3.05, 3.63) is 20.9 Å². The second-order valence-electron chi connectivity index (χ2n) is 2.60. The molecule has 0 radical (unpaired) electrons. The summed E-state index contributed by atoms with van der Waals surface area (Å²) in [7, 11) is 0. The average Bonchev–Trinajstić information content (AvgIpc) is 2.18. The fourth-order valence-electron chi connectivity index (χ4n) is 0.969. The molecule has 1 aromatic heterocycles. The Labute approximate surface area is 101 Å². The summed E-state index contributed by atoms with van der Waals surface area (Å²) in [6.07, 6.45) is -3.88. The van der Waals surface area contributed by atoms with Gasteiger partial charge in [0.15, 0.2) is 6.29 Å². The van der Waals surface area contributed by atoms with E-state index in [4.69, 9.17) is 0 Å². The number of alkyl halides is 4. The maximum Gasteiger partial charge on any atom is 0.574 e. The van der Waals surface area contributed by atoms with E-state index in [0.29, 0.717) is 0 Å². The van der Waals surface area contributed by atoms with Gasteiger partial charge in [0.1, 0.15) is 6.67 Å². The quantitative estimate of drug-likeness (QED) is 0.479. The molecule has 16 heavy (non-hydrogen) atoms. The third-order valence-corrected chi connectivity index (χ3v) is 2.53. The minimum absolute atomic E-state index is 0.0884. The van der Waals surface area contributed by atoms with E-state index in [9.17, 15) is 22.4 Å². The Balaban J connectivity index is 3.25. The SMILES string of the molecule is O=Cc1c(OC(F)(F)F)ncc(I)c1CF. The van der Waals surface area contributed by atoms with Gasteiger partial charge < -0.3 is 4.74 Å². The van der Waals surface area contributed by atoms with Crippen LogP contribution in [0, 0.1) is 3.57 Å². The van der Waals surface area contributed by atoms with Crippen LogP contribution in [0.2, 0.25) is 0 Å². The van der Waals surface area contributed by atoms with Crippen LogP contribution in [0.25, 0.3) is 0 Å². The summed E-state index contributed by atoms with van der Waals surface area (Å²) < 4.78 is 52.0. The predicted molar refractivity (Wildman–Crippen MR) is 53.8 cm³/mol. The molecule has 0 unspecified atom stereocenters. The first-order chi connectivity index (χ1) is 7.39. The van der Waals surface area contributed by atoms with Gasteiger partial charge in [-0.15, -0.1) is 13.2 Å². The second kappa shape index (κ2) is 4.93. The Kier molecular flexibility index (Phi) is 4.05. The molecule has 1 heterocycles. The number of aromatic nitrogens is 1. The van der Waals surface area contributed by atoms with Crippen LogP contribution in [-0.2, 0) is 6.67 Å². The van der Waals surface area contributed by atoms with Gasteiger partial charge in [-0.25, -0.2) is 9.37 Å². The number of aldehydes is 1. The molecule has 0 bridgehead atoms. The molecule has 0 atom stereocenters. The Morgan fingerprint density at radius 3 is 2.56 bits per heavy atom. The molecule has 1 aromatic rings. The lowest BCUT2D eigenvalue weighted by atomic mass is 10.1. The lowest BCUT2D eigenvalue weighted by Gasteiger charge is -2.11. The smallest absolute Gasteiger partial charge is 0.387 e. The van der Waals surface area contributed by atoms with Crippen molar-refractivity contribution in [1.82, 2.24) is 4.98 Å². The van der Waals surface area contributed by atoms with Crippen molar-refractivity contribution in [3.8, 4) is 5.88 Å². The van der Waals surface area contributed by atoms with Crippen molar-refractivity contribution in [3.63, 3.8) is 0 Å². The zero-order valence-electron chi connectivity index (χ0n) is 7.52. The molecule has 0 aliphatic heterocycles. The fraction of sp³-hybridized carbons (Fsp3) is 0.250. The molecule has 0 N–H and O–H groups in total. The van der Waals surface area contributed by atoms with Gasteiger partial charge in [-0.05, 0) is 22.6 Å². The maximum atomic E-state index is 12.5. The van der Waals surface area contributed by atoms with Crippen LogP contribution in [0.3, 0.4) is 0 Å². The summed E-state index contributed by atoms with van der Waals surface area (Å²) in [6.45, 7) is -1.07. The molecule has 0 aliphatic carbocycles. The highest BCUT2D eigenvalue weighted by Gasteiger charge is 2.33. The van der Waals surface area contributed by atoms with E-state index in [1.165, 1.54) is 0 Å². The van der Waals surface area contributed by atoms with Gasteiger partial charge in [-0.1, -0.05) is 0 Å². The van der Waals surface area contributed by atoms with Crippen LogP contribution in [0.5, 0.6) is 5.88 Å². The van der Waals surface area contributed by atoms with Crippen molar-refractivity contribution < 1.29 is 27.1 Å². The molecule has 0 saturated heterocycles. The van der Waals surface area contributed by atoms with Crippen molar-refractivity contribution >= 4 is 28.9 Å². The first-order valence-corrected chi connectivity index (χ1v) is 4.91. The third kappa shape index (κ3) is 3.03. The Morgan fingerprint density at radius 2 is 2.12 bits per heavy atom. The molecular formula is C8H4F4INO2. The van der Waals surface area contributed by atoms with E-state index in [1.807, 2.05) is 0 Å². The van der Waals surface area contributed by atoms with E-state index in [1.54, 1.807) is 22.6 Å². The minimum atomic E-state index is -4.97. The molecule has 1 rings (SSSR count). The summed E-state index contributed by atoms with van der Waals surface area (Å²) in [6, 6.07) is 0. The van der Waals surface area contributed by atoms with E-state index in [2.05, 4.69) is 9.72 Å². The van der Waals surface area contributed by atoms with Gasteiger partial charge >= 0.3 is 6.36 Å². The fourth-order valence-corrected chi connectivity index (χ4v) is 1.54. The first-order valence-electron chi connectivity index (χ1n) is 3.83. The number of hydrogen-bond donors (Lipinski definition) is 0. The number of nitrogens with zero attached hydrogens (tertiary/aromatic N) is 1. The van der Waals surface area contributed by atoms with Crippen LogP contribution < -0.4 is 4.74 Å². The van der Waals surface area contributed by atoms with Crippen LogP contribution in [-0.4, -0.2) is 17.6 Å². The number of halogens is 5. The molecule has 0 fully saturated rings. The van der Waals surface area contributed by atoms with Gasteiger partial charge in [0.2, 0.25) is 5.88 Å². The number of ether oxygens (including phenoxy) is 1.